The number of aryl methyl sites for hydroxylation is 1. The molecule has 0 bridgehead atoms. The van der Waals surface area contributed by atoms with Crippen LogP contribution in [0.25, 0.3) is 11.4 Å². The van der Waals surface area contributed by atoms with Gasteiger partial charge in [-0.25, -0.2) is 0 Å². The van der Waals surface area contributed by atoms with Gasteiger partial charge < -0.3 is 4.52 Å². The van der Waals surface area contributed by atoms with E-state index in [0.29, 0.717) is 11.7 Å². The summed E-state index contributed by atoms with van der Waals surface area (Å²) >= 11 is 3.49. The number of hydrogen-bond acceptors (Lipinski definition) is 4. The number of halogens is 1. The lowest BCUT2D eigenvalue weighted by Gasteiger charge is -1.99. The Labute approximate surface area is 119 Å². The van der Waals surface area contributed by atoms with Crippen molar-refractivity contribution in [1.82, 2.24) is 10.1 Å². The van der Waals surface area contributed by atoms with Gasteiger partial charge in [-0.05, 0) is 37.5 Å². The Balaban J connectivity index is 1.81. The van der Waals surface area contributed by atoms with E-state index in [0.717, 1.165) is 28.4 Å². The number of hydrogen-bond donors (Lipinski definition) is 0. The molecule has 0 amide bonds. The maximum Gasteiger partial charge on any atom is 0.234 e. The second-order valence-corrected chi connectivity index (χ2v) is 5.77. The molecule has 0 saturated heterocycles. The number of rotatable bonds is 4. The van der Waals surface area contributed by atoms with E-state index in [1.807, 2.05) is 25.1 Å². The highest BCUT2D eigenvalue weighted by molar-refractivity contribution is 9.10. The van der Waals surface area contributed by atoms with Gasteiger partial charge in [-0.3, -0.25) is 4.79 Å². The summed E-state index contributed by atoms with van der Waals surface area (Å²) in [5.74, 6) is 1.35. The van der Waals surface area contributed by atoms with Crippen molar-refractivity contribution in [3.05, 3.63) is 34.1 Å². The molecular formula is C14H13BrN2O2. The molecule has 0 spiro atoms. The Morgan fingerprint density at radius 1 is 1.47 bits per heavy atom. The van der Waals surface area contributed by atoms with E-state index in [4.69, 9.17) is 4.52 Å². The molecule has 98 valence electrons. The van der Waals surface area contributed by atoms with E-state index >= 15 is 0 Å². The summed E-state index contributed by atoms with van der Waals surface area (Å²) in [6, 6.07) is 5.93. The molecule has 0 atom stereocenters. The van der Waals surface area contributed by atoms with E-state index in [1.165, 1.54) is 0 Å². The number of ketones is 1. The Morgan fingerprint density at radius 2 is 2.26 bits per heavy atom. The molecule has 0 unspecified atom stereocenters. The third-order valence-electron chi connectivity index (χ3n) is 3.19. The number of carbonyl (C=O) groups is 1. The van der Waals surface area contributed by atoms with Crippen molar-refractivity contribution in [2.75, 3.05) is 0 Å². The number of aromatic nitrogens is 2. The molecule has 1 aliphatic rings. The van der Waals surface area contributed by atoms with Crippen LogP contribution in [0.2, 0.25) is 0 Å². The Bertz CT molecular complexity index is 632. The number of benzene rings is 1. The van der Waals surface area contributed by atoms with Gasteiger partial charge in [0.15, 0.2) is 0 Å². The normalized spacial score (nSPS) is 14.6. The summed E-state index contributed by atoms with van der Waals surface area (Å²) < 4.78 is 6.07. The van der Waals surface area contributed by atoms with Gasteiger partial charge in [-0.1, -0.05) is 27.2 Å². The SMILES string of the molecule is Cc1ccc(-c2noc(CC(=O)C3CC3)n2)c(Br)c1. The first-order valence-electron chi connectivity index (χ1n) is 6.25. The average molecular weight is 321 g/mol. The fourth-order valence-corrected chi connectivity index (χ4v) is 2.61. The molecule has 1 heterocycles. The largest absolute Gasteiger partial charge is 0.338 e. The molecule has 3 rings (SSSR count). The first kappa shape index (κ1) is 12.5. The predicted octanol–water partition coefficient (Wildman–Crippen LogP) is 3.33. The quantitative estimate of drug-likeness (QED) is 0.867. The van der Waals surface area contributed by atoms with Crippen LogP contribution >= 0.6 is 15.9 Å². The van der Waals surface area contributed by atoms with Crippen LogP contribution in [0.4, 0.5) is 0 Å². The number of nitrogens with zero attached hydrogens (tertiary/aromatic N) is 2. The maximum atomic E-state index is 11.7. The summed E-state index contributed by atoms with van der Waals surface area (Å²) in [5.41, 5.74) is 2.03. The summed E-state index contributed by atoms with van der Waals surface area (Å²) in [5, 5.41) is 3.94. The molecule has 1 aliphatic carbocycles. The molecule has 0 aliphatic heterocycles. The van der Waals surface area contributed by atoms with Gasteiger partial charge in [-0.15, -0.1) is 0 Å². The lowest BCUT2D eigenvalue weighted by Crippen LogP contribution is -2.04. The first-order valence-corrected chi connectivity index (χ1v) is 7.04. The first-order chi connectivity index (χ1) is 9.13. The fraction of sp³-hybridized carbons (Fsp3) is 0.357. The zero-order valence-electron chi connectivity index (χ0n) is 10.5. The molecular weight excluding hydrogens is 308 g/mol. The van der Waals surface area contributed by atoms with Crippen LogP contribution in [-0.2, 0) is 11.2 Å². The lowest BCUT2D eigenvalue weighted by atomic mass is 10.1. The Kier molecular flexibility index (Phi) is 3.22. The van der Waals surface area contributed by atoms with Crippen LogP contribution in [0.3, 0.4) is 0 Å². The molecule has 0 N–H and O–H groups in total. The van der Waals surface area contributed by atoms with E-state index in [9.17, 15) is 4.79 Å². The van der Waals surface area contributed by atoms with Crippen LogP contribution in [0, 0.1) is 12.8 Å². The fourth-order valence-electron chi connectivity index (χ4n) is 1.94. The van der Waals surface area contributed by atoms with Crippen LogP contribution in [0.5, 0.6) is 0 Å². The van der Waals surface area contributed by atoms with Crippen LogP contribution in [0.15, 0.2) is 27.2 Å². The van der Waals surface area contributed by atoms with Crippen molar-refractivity contribution in [3.8, 4) is 11.4 Å². The molecule has 4 nitrogen and oxygen atoms in total. The maximum absolute atomic E-state index is 11.7. The molecule has 0 radical (unpaired) electrons. The van der Waals surface area contributed by atoms with Gasteiger partial charge in [0.2, 0.25) is 11.7 Å². The summed E-state index contributed by atoms with van der Waals surface area (Å²) in [6.45, 7) is 2.02. The third kappa shape index (κ3) is 2.76. The van der Waals surface area contributed by atoms with Gasteiger partial charge in [0.1, 0.15) is 5.78 Å². The lowest BCUT2D eigenvalue weighted by molar-refractivity contribution is -0.119. The van der Waals surface area contributed by atoms with Crippen molar-refractivity contribution in [3.63, 3.8) is 0 Å². The molecule has 1 saturated carbocycles. The summed E-state index contributed by atoms with van der Waals surface area (Å²) in [6.07, 6.45) is 2.26. The minimum atomic E-state index is 0.207. The van der Waals surface area contributed by atoms with Crippen LogP contribution in [0.1, 0.15) is 24.3 Å². The smallest absolute Gasteiger partial charge is 0.234 e. The van der Waals surface area contributed by atoms with Crippen molar-refractivity contribution >= 4 is 21.7 Å². The average Bonchev–Trinajstić information content (AvgIpc) is 3.11. The topological polar surface area (TPSA) is 56.0 Å². The van der Waals surface area contributed by atoms with E-state index in [-0.39, 0.29) is 18.1 Å². The summed E-state index contributed by atoms with van der Waals surface area (Å²) in [7, 11) is 0. The minimum absolute atomic E-state index is 0.207. The van der Waals surface area contributed by atoms with E-state index < -0.39 is 0 Å². The number of Topliss-reactive ketones (excluding diaryl/α,β-unsaturated/α-hetero) is 1. The standard InChI is InChI=1S/C14H13BrN2O2/c1-8-2-5-10(11(15)6-8)14-16-13(19-17-14)7-12(18)9-3-4-9/h2,5-6,9H,3-4,7H2,1H3. The second-order valence-electron chi connectivity index (χ2n) is 4.91. The minimum Gasteiger partial charge on any atom is -0.338 e. The van der Waals surface area contributed by atoms with Crippen LogP contribution in [-0.4, -0.2) is 15.9 Å². The summed E-state index contributed by atoms with van der Waals surface area (Å²) in [4.78, 5) is 16.0. The van der Waals surface area contributed by atoms with E-state index in [1.54, 1.807) is 0 Å². The highest BCUT2D eigenvalue weighted by atomic mass is 79.9. The second kappa shape index (κ2) is 4.89. The van der Waals surface area contributed by atoms with Crippen molar-refractivity contribution in [2.45, 2.75) is 26.2 Å². The van der Waals surface area contributed by atoms with Crippen molar-refractivity contribution < 1.29 is 9.32 Å². The monoisotopic (exact) mass is 320 g/mol. The van der Waals surface area contributed by atoms with Gasteiger partial charge in [0.05, 0.1) is 6.42 Å². The van der Waals surface area contributed by atoms with Crippen molar-refractivity contribution in [2.24, 2.45) is 5.92 Å². The highest BCUT2D eigenvalue weighted by Gasteiger charge is 2.30. The van der Waals surface area contributed by atoms with Gasteiger partial charge >= 0.3 is 0 Å². The third-order valence-corrected chi connectivity index (χ3v) is 3.85. The number of carbonyl (C=O) groups excluding carboxylic acids is 1. The van der Waals surface area contributed by atoms with Gasteiger partial charge in [-0.2, -0.15) is 4.98 Å². The van der Waals surface area contributed by atoms with Crippen molar-refractivity contribution in [1.29, 1.82) is 0 Å². The molecule has 5 heteroatoms. The Hall–Kier alpha value is -1.49. The zero-order valence-corrected chi connectivity index (χ0v) is 12.1. The molecule has 1 aromatic carbocycles. The molecule has 1 aromatic heterocycles. The molecule has 19 heavy (non-hydrogen) atoms. The highest BCUT2D eigenvalue weighted by Crippen LogP contribution is 2.31. The van der Waals surface area contributed by atoms with E-state index in [2.05, 4.69) is 26.1 Å². The van der Waals surface area contributed by atoms with Crippen LogP contribution < -0.4 is 0 Å². The predicted molar refractivity (Wildman–Crippen MR) is 73.6 cm³/mol. The molecule has 2 aromatic rings. The van der Waals surface area contributed by atoms with Gasteiger partial charge in [0, 0.05) is 16.0 Å². The Morgan fingerprint density at radius 3 is 2.95 bits per heavy atom. The zero-order chi connectivity index (χ0) is 13.4. The van der Waals surface area contributed by atoms with Gasteiger partial charge in [0.25, 0.3) is 0 Å². The molecule has 1 fully saturated rings.